The number of hydrogen-bond acceptors (Lipinski definition) is 3. The van der Waals surface area contributed by atoms with Crippen molar-refractivity contribution in [2.24, 2.45) is 0 Å². The number of nitrogens with one attached hydrogen (secondary N) is 1. The highest BCUT2D eigenvalue weighted by Gasteiger charge is 2.37. The minimum atomic E-state index is -4.61. The van der Waals surface area contributed by atoms with Crippen molar-refractivity contribution in [3.05, 3.63) is 48.5 Å². The number of aliphatic hydroxyl groups is 1. The molecule has 0 aliphatic carbocycles. The molecule has 0 spiro atoms. The second-order valence-electron chi connectivity index (χ2n) is 4.75. The average Bonchev–Trinajstić information content (AvgIpc) is 2.97. The fourth-order valence-corrected chi connectivity index (χ4v) is 1.89. The molecule has 2 N–H and O–H groups in total. The van der Waals surface area contributed by atoms with Crippen molar-refractivity contribution in [2.45, 2.75) is 25.2 Å². The lowest BCUT2D eigenvalue weighted by atomic mass is 10.1. The van der Waals surface area contributed by atoms with Crippen LogP contribution in [-0.2, 0) is 0 Å². The smallest absolute Gasteiger partial charge is 0.382 e. The van der Waals surface area contributed by atoms with Gasteiger partial charge in [0.2, 0.25) is 0 Å². The highest BCUT2D eigenvalue weighted by molar-refractivity contribution is 5.36. The van der Waals surface area contributed by atoms with Crippen molar-refractivity contribution < 1.29 is 18.3 Å². The third-order valence-corrected chi connectivity index (χ3v) is 3.17. The molecular formula is C14H16F3N3O. The summed E-state index contributed by atoms with van der Waals surface area (Å²) in [5.41, 5.74) is 1.70. The summed E-state index contributed by atoms with van der Waals surface area (Å²) in [5, 5.41) is 11.7. The number of rotatable bonds is 5. The van der Waals surface area contributed by atoms with Crippen LogP contribution in [0, 0.1) is 0 Å². The first-order valence-electron chi connectivity index (χ1n) is 6.44. The Labute approximate surface area is 120 Å². The Hall–Kier alpha value is -1.86. The lowest BCUT2D eigenvalue weighted by Crippen LogP contribution is -2.39. The van der Waals surface area contributed by atoms with Gasteiger partial charge in [0, 0.05) is 30.7 Å². The van der Waals surface area contributed by atoms with Crippen LogP contribution in [-0.4, -0.2) is 33.5 Å². The minimum Gasteiger partial charge on any atom is -0.382 e. The monoisotopic (exact) mass is 299 g/mol. The van der Waals surface area contributed by atoms with Crippen LogP contribution in [0.5, 0.6) is 0 Å². The zero-order chi connectivity index (χ0) is 15.5. The van der Waals surface area contributed by atoms with Gasteiger partial charge >= 0.3 is 6.18 Å². The Balaban J connectivity index is 2.03. The minimum absolute atomic E-state index is 0.314. The van der Waals surface area contributed by atoms with Crippen molar-refractivity contribution in [1.82, 2.24) is 14.9 Å². The summed E-state index contributed by atoms with van der Waals surface area (Å²) in [4.78, 5) is 3.95. The number of benzene rings is 1. The first kappa shape index (κ1) is 15.5. The molecule has 1 heterocycles. The van der Waals surface area contributed by atoms with Crippen LogP contribution < -0.4 is 5.32 Å². The number of imidazole rings is 1. The van der Waals surface area contributed by atoms with E-state index in [9.17, 15) is 13.2 Å². The summed E-state index contributed by atoms with van der Waals surface area (Å²) in [6.07, 6.45) is -1.90. The summed E-state index contributed by atoms with van der Waals surface area (Å²) in [6.45, 7) is 1.20. The van der Waals surface area contributed by atoms with E-state index in [0.29, 0.717) is 0 Å². The maximum Gasteiger partial charge on any atom is 0.415 e. The standard InChI is InChI=1S/C14H16F3N3O/c1-10(19-8-13(21)14(15,16)17)11-3-2-4-12(7-11)20-6-5-18-9-20/h2-7,9-10,13,19,21H,8H2,1H3/t10-,13+/m0/s1. The molecule has 0 saturated heterocycles. The number of aromatic nitrogens is 2. The highest BCUT2D eigenvalue weighted by atomic mass is 19.4. The van der Waals surface area contributed by atoms with Gasteiger partial charge in [-0.25, -0.2) is 4.98 Å². The van der Waals surface area contributed by atoms with Gasteiger partial charge < -0.3 is 15.0 Å². The molecule has 0 bridgehead atoms. The van der Waals surface area contributed by atoms with E-state index < -0.39 is 18.8 Å². The first-order chi connectivity index (χ1) is 9.88. The van der Waals surface area contributed by atoms with E-state index in [1.165, 1.54) is 0 Å². The number of alkyl halides is 3. The Morgan fingerprint density at radius 1 is 1.38 bits per heavy atom. The van der Waals surface area contributed by atoms with Crippen LogP contribution in [0.3, 0.4) is 0 Å². The van der Waals surface area contributed by atoms with Crippen LogP contribution in [0.25, 0.3) is 5.69 Å². The van der Waals surface area contributed by atoms with Crippen LogP contribution in [0.1, 0.15) is 18.5 Å². The summed E-state index contributed by atoms with van der Waals surface area (Å²) in [6, 6.07) is 7.06. The summed E-state index contributed by atoms with van der Waals surface area (Å²) in [5.74, 6) is 0. The fraction of sp³-hybridized carbons (Fsp3) is 0.357. The number of hydrogen-bond donors (Lipinski definition) is 2. The molecule has 0 amide bonds. The Bertz CT molecular complexity index is 569. The highest BCUT2D eigenvalue weighted by Crippen LogP contribution is 2.21. The van der Waals surface area contributed by atoms with Crippen molar-refractivity contribution in [3.8, 4) is 5.69 Å². The van der Waals surface area contributed by atoms with E-state index in [0.717, 1.165) is 11.3 Å². The Morgan fingerprint density at radius 2 is 2.14 bits per heavy atom. The molecule has 2 atom stereocenters. The van der Waals surface area contributed by atoms with Crippen molar-refractivity contribution in [2.75, 3.05) is 6.54 Å². The van der Waals surface area contributed by atoms with E-state index in [2.05, 4.69) is 10.3 Å². The SMILES string of the molecule is C[C@H](NC[C@@H](O)C(F)(F)F)c1cccc(-n2ccnc2)c1. The molecule has 4 nitrogen and oxygen atoms in total. The normalized spacial score (nSPS) is 14.9. The van der Waals surface area contributed by atoms with Crippen molar-refractivity contribution in [1.29, 1.82) is 0 Å². The van der Waals surface area contributed by atoms with Gasteiger partial charge in [-0.05, 0) is 24.6 Å². The number of halogens is 3. The summed E-state index contributed by atoms with van der Waals surface area (Å²) >= 11 is 0. The average molecular weight is 299 g/mol. The predicted molar refractivity (Wildman–Crippen MR) is 72.0 cm³/mol. The van der Waals surface area contributed by atoms with Gasteiger partial charge in [-0.2, -0.15) is 13.2 Å². The molecule has 0 fully saturated rings. The third-order valence-electron chi connectivity index (χ3n) is 3.17. The van der Waals surface area contributed by atoms with E-state index in [1.807, 2.05) is 24.3 Å². The van der Waals surface area contributed by atoms with E-state index >= 15 is 0 Å². The van der Waals surface area contributed by atoms with Crippen LogP contribution >= 0.6 is 0 Å². The van der Waals surface area contributed by atoms with Crippen molar-refractivity contribution in [3.63, 3.8) is 0 Å². The van der Waals surface area contributed by atoms with Gasteiger partial charge in [0.15, 0.2) is 6.10 Å². The van der Waals surface area contributed by atoms with Crippen LogP contribution in [0.4, 0.5) is 13.2 Å². The molecule has 0 unspecified atom stereocenters. The molecule has 2 aromatic rings. The Kier molecular flexibility index (Phi) is 4.64. The number of nitrogens with zero attached hydrogens (tertiary/aromatic N) is 2. The second kappa shape index (κ2) is 6.28. The molecule has 2 rings (SSSR count). The zero-order valence-corrected chi connectivity index (χ0v) is 11.4. The van der Waals surface area contributed by atoms with E-state index in [-0.39, 0.29) is 6.04 Å². The molecule has 0 aliphatic heterocycles. The van der Waals surface area contributed by atoms with Crippen molar-refractivity contribution >= 4 is 0 Å². The van der Waals surface area contributed by atoms with E-state index in [4.69, 9.17) is 5.11 Å². The lowest BCUT2D eigenvalue weighted by molar-refractivity contribution is -0.202. The van der Waals surface area contributed by atoms with E-state index in [1.54, 1.807) is 30.2 Å². The zero-order valence-electron chi connectivity index (χ0n) is 11.4. The third kappa shape index (κ3) is 4.05. The van der Waals surface area contributed by atoms with Crippen LogP contribution in [0.2, 0.25) is 0 Å². The quantitative estimate of drug-likeness (QED) is 0.891. The predicted octanol–water partition coefficient (Wildman–Crippen LogP) is 2.45. The summed E-state index contributed by atoms with van der Waals surface area (Å²) < 4.78 is 38.6. The van der Waals surface area contributed by atoms with Gasteiger partial charge in [-0.15, -0.1) is 0 Å². The summed E-state index contributed by atoms with van der Waals surface area (Å²) in [7, 11) is 0. The van der Waals surface area contributed by atoms with Gasteiger partial charge in [0.25, 0.3) is 0 Å². The molecule has 114 valence electrons. The molecule has 0 saturated carbocycles. The molecule has 0 radical (unpaired) electrons. The van der Waals surface area contributed by atoms with Gasteiger partial charge in [0.05, 0.1) is 6.33 Å². The lowest BCUT2D eigenvalue weighted by Gasteiger charge is -2.19. The molecule has 21 heavy (non-hydrogen) atoms. The van der Waals surface area contributed by atoms with Crippen LogP contribution in [0.15, 0.2) is 43.0 Å². The maximum atomic E-state index is 12.3. The molecular weight excluding hydrogens is 283 g/mol. The largest absolute Gasteiger partial charge is 0.415 e. The number of aliphatic hydroxyl groups excluding tert-OH is 1. The second-order valence-corrected chi connectivity index (χ2v) is 4.75. The molecule has 7 heteroatoms. The fourth-order valence-electron chi connectivity index (χ4n) is 1.89. The molecule has 1 aromatic heterocycles. The maximum absolute atomic E-state index is 12.3. The van der Waals surface area contributed by atoms with Gasteiger partial charge in [-0.1, -0.05) is 12.1 Å². The molecule has 0 aliphatic rings. The first-order valence-corrected chi connectivity index (χ1v) is 6.44. The Morgan fingerprint density at radius 3 is 2.76 bits per heavy atom. The topological polar surface area (TPSA) is 50.1 Å². The molecule has 1 aromatic carbocycles. The van der Waals surface area contributed by atoms with Gasteiger partial charge in [-0.3, -0.25) is 0 Å². The van der Waals surface area contributed by atoms with Gasteiger partial charge in [0.1, 0.15) is 0 Å².